The molecule has 0 radical (unpaired) electrons. The fraction of sp³-hybridized carbons (Fsp3) is 0.200. The molecule has 0 saturated carbocycles. The summed E-state index contributed by atoms with van der Waals surface area (Å²) in [7, 11) is -0.313. The van der Waals surface area contributed by atoms with Gasteiger partial charge in [0.25, 0.3) is 0 Å². The van der Waals surface area contributed by atoms with Crippen molar-refractivity contribution in [3.05, 3.63) is 95.0 Å². The molecule has 0 spiro atoms. The molecule has 2 heterocycles. The number of benzene rings is 3. The minimum atomic E-state index is -2.27. The largest absolute Gasteiger partial charge is 0.238 e. The molecule has 2 nitrogen and oxygen atoms in total. The first-order valence-corrected chi connectivity index (χ1v) is 14.2. The summed E-state index contributed by atoms with van der Waals surface area (Å²) in [6.07, 6.45) is 0. The predicted octanol–water partition coefficient (Wildman–Crippen LogP) is 6.12. The zero-order chi connectivity index (χ0) is 26.0. The highest BCUT2D eigenvalue weighted by Gasteiger charge is 2.43. The molecule has 1 aromatic heterocycles. The molecular formula is C30H29N2Si+. The molecular weight excluding hydrogens is 416 g/mol. The van der Waals surface area contributed by atoms with Gasteiger partial charge in [-0.3, -0.25) is 0 Å². The second kappa shape index (κ2) is 7.54. The highest BCUT2D eigenvalue weighted by atomic mass is 28.3. The minimum Gasteiger partial charge on any atom is -0.238 e. The van der Waals surface area contributed by atoms with Gasteiger partial charge < -0.3 is 0 Å². The first kappa shape index (κ1) is 18.0. The van der Waals surface area contributed by atoms with Gasteiger partial charge in [-0.15, -0.1) is 0 Å². The Morgan fingerprint density at radius 3 is 2.12 bits per heavy atom. The number of nitrogens with zero attached hydrogens (tertiary/aromatic N) is 2. The molecule has 3 aromatic carbocycles. The first-order valence-electron chi connectivity index (χ1n) is 12.7. The molecule has 0 aliphatic carbocycles. The van der Waals surface area contributed by atoms with Gasteiger partial charge in [0.1, 0.15) is 15.1 Å². The normalized spacial score (nSPS) is 15.1. The predicted molar refractivity (Wildman–Crippen MR) is 141 cm³/mol. The number of hydrogen-bond acceptors (Lipinski definition) is 0. The molecule has 4 aromatic rings. The van der Waals surface area contributed by atoms with Gasteiger partial charge in [0.15, 0.2) is 11.4 Å². The van der Waals surface area contributed by atoms with Crippen LogP contribution in [0.15, 0.2) is 66.7 Å². The summed E-state index contributed by atoms with van der Waals surface area (Å²) in [4.78, 5) is 3.92. The van der Waals surface area contributed by atoms with Gasteiger partial charge in [-0.1, -0.05) is 67.7 Å². The first-order chi connectivity index (χ1) is 17.0. The number of hydrogen-bond donors (Lipinski definition) is 0. The van der Waals surface area contributed by atoms with E-state index < -0.39 is 14.9 Å². The van der Waals surface area contributed by atoms with Gasteiger partial charge in [0.05, 0.1) is 6.57 Å². The van der Waals surface area contributed by atoms with Crippen molar-refractivity contribution in [1.82, 2.24) is 0 Å². The van der Waals surface area contributed by atoms with Crippen LogP contribution >= 0.6 is 0 Å². The lowest BCUT2D eigenvalue weighted by atomic mass is 9.94. The SMILES string of the molecule is [2H]C([2H])([2H])c1ccc(-c2c(C)ccc3c2[Si](C)(C)c2c-3ccc([N+]#[C-])c2-c2ccccc2)[n+](C)c1C. The van der Waals surface area contributed by atoms with Crippen molar-refractivity contribution in [3.63, 3.8) is 0 Å². The van der Waals surface area contributed by atoms with Crippen LogP contribution in [-0.2, 0) is 7.05 Å². The van der Waals surface area contributed by atoms with Crippen molar-refractivity contribution < 1.29 is 8.68 Å². The second-order valence-electron chi connectivity index (χ2n) is 9.44. The van der Waals surface area contributed by atoms with Crippen molar-refractivity contribution >= 4 is 24.1 Å². The van der Waals surface area contributed by atoms with E-state index in [1.807, 2.05) is 48.9 Å². The van der Waals surface area contributed by atoms with E-state index in [-0.39, 0.29) is 0 Å². The summed E-state index contributed by atoms with van der Waals surface area (Å²) < 4.78 is 25.9. The lowest BCUT2D eigenvalue weighted by Crippen LogP contribution is -2.52. The lowest BCUT2D eigenvalue weighted by molar-refractivity contribution is -0.667. The zero-order valence-electron chi connectivity index (χ0n) is 22.7. The van der Waals surface area contributed by atoms with Crippen LogP contribution in [0.5, 0.6) is 0 Å². The van der Waals surface area contributed by atoms with Crippen molar-refractivity contribution in [3.8, 4) is 33.5 Å². The van der Waals surface area contributed by atoms with Crippen LogP contribution < -0.4 is 14.9 Å². The Balaban J connectivity index is 1.84. The second-order valence-corrected chi connectivity index (χ2v) is 13.7. The van der Waals surface area contributed by atoms with E-state index in [9.17, 15) is 0 Å². The molecule has 1 aliphatic heterocycles. The molecule has 5 rings (SSSR count). The Labute approximate surface area is 202 Å². The maximum atomic E-state index is 7.95. The lowest BCUT2D eigenvalue weighted by Gasteiger charge is -2.25. The smallest absolute Gasteiger partial charge is 0.212 e. The minimum absolute atomic E-state index is 0.381. The van der Waals surface area contributed by atoms with Gasteiger partial charge in [-0.05, 0) is 58.0 Å². The van der Waals surface area contributed by atoms with E-state index in [0.717, 1.165) is 22.5 Å². The Kier molecular flexibility index (Phi) is 4.11. The average molecular weight is 449 g/mol. The fourth-order valence-corrected chi connectivity index (χ4v) is 9.38. The van der Waals surface area contributed by atoms with E-state index in [2.05, 4.69) is 55.2 Å². The van der Waals surface area contributed by atoms with Crippen molar-refractivity contribution in [2.75, 3.05) is 0 Å². The van der Waals surface area contributed by atoms with Crippen molar-refractivity contribution in [2.24, 2.45) is 7.05 Å². The number of aryl methyl sites for hydroxylation is 2. The third-order valence-corrected chi connectivity index (χ3v) is 10.8. The van der Waals surface area contributed by atoms with E-state index in [1.54, 1.807) is 6.07 Å². The number of rotatable bonds is 2. The van der Waals surface area contributed by atoms with Gasteiger partial charge in [0, 0.05) is 28.2 Å². The van der Waals surface area contributed by atoms with Crippen molar-refractivity contribution in [1.29, 1.82) is 0 Å². The average Bonchev–Trinajstić information content (AvgIpc) is 3.07. The van der Waals surface area contributed by atoms with E-state index in [1.165, 1.54) is 32.6 Å². The molecule has 162 valence electrons. The molecule has 33 heavy (non-hydrogen) atoms. The number of pyridine rings is 1. The number of fused-ring (bicyclic) bond motifs is 3. The summed E-state index contributed by atoms with van der Waals surface area (Å²) in [6.45, 7) is 14.5. The van der Waals surface area contributed by atoms with Crippen LogP contribution in [0.2, 0.25) is 13.1 Å². The third kappa shape index (κ3) is 3.02. The molecule has 3 heteroatoms. The maximum absolute atomic E-state index is 7.95. The van der Waals surface area contributed by atoms with Crippen LogP contribution in [-0.4, -0.2) is 8.07 Å². The molecule has 0 saturated heterocycles. The molecule has 0 atom stereocenters. The van der Waals surface area contributed by atoms with E-state index >= 15 is 0 Å². The van der Waals surface area contributed by atoms with Crippen LogP contribution in [0.1, 0.15) is 20.9 Å². The summed E-state index contributed by atoms with van der Waals surface area (Å²) in [5, 5.41) is 2.66. The summed E-state index contributed by atoms with van der Waals surface area (Å²) >= 11 is 0. The Morgan fingerprint density at radius 1 is 0.818 bits per heavy atom. The van der Waals surface area contributed by atoms with E-state index in [4.69, 9.17) is 10.7 Å². The summed E-state index contributed by atoms with van der Waals surface area (Å²) in [5.41, 5.74) is 9.78. The summed E-state index contributed by atoms with van der Waals surface area (Å²) in [6, 6.07) is 22.5. The number of aromatic nitrogens is 1. The molecule has 0 unspecified atom stereocenters. The standard InChI is InChI=1S/C30H29N2Si/c1-19-14-18-26(32(5)21(19)3)27-20(2)13-15-23-24-16-17-25(31-4)28(22-11-9-8-10-12-22)30(24)33(6,7)29(23)27/h8-18H,1-3,5-7H3/q+1/i1D3. The van der Waals surface area contributed by atoms with Gasteiger partial charge in [-0.2, -0.15) is 4.57 Å². The van der Waals surface area contributed by atoms with Crippen LogP contribution in [0.25, 0.3) is 38.4 Å². The highest BCUT2D eigenvalue weighted by molar-refractivity contribution is 7.05. The maximum Gasteiger partial charge on any atom is 0.212 e. The molecule has 0 N–H and O–H groups in total. The Hall–Kier alpha value is -3.48. The highest BCUT2D eigenvalue weighted by Crippen LogP contribution is 2.41. The monoisotopic (exact) mass is 448 g/mol. The summed E-state index contributed by atoms with van der Waals surface area (Å²) in [5.74, 6) is 0. The Bertz CT molecular complexity index is 1580. The Morgan fingerprint density at radius 2 is 1.45 bits per heavy atom. The molecule has 1 aliphatic rings. The van der Waals surface area contributed by atoms with Gasteiger partial charge >= 0.3 is 0 Å². The van der Waals surface area contributed by atoms with Crippen LogP contribution in [0.3, 0.4) is 0 Å². The molecule has 0 amide bonds. The zero-order valence-corrected chi connectivity index (χ0v) is 20.7. The fourth-order valence-electron chi connectivity index (χ4n) is 5.50. The van der Waals surface area contributed by atoms with Gasteiger partial charge in [0.2, 0.25) is 5.69 Å². The third-order valence-electron chi connectivity index (χ3n) is 7.24. The van der Waals surface area contributed by atoms with Gasteiger partial charge in [-0.25, -0.2) is 4.85 Å². The quantitative estimate of drug-likeness (QED) is 0.198. The van der Waals surface area contributed by atoms with Crippen molar-refractivity contribution in [2.45, 2.75) is 33.8 Å². The van der Waals surface area contributed by atoms with Crippen LogP contribution in [0.4, 0.5) is 5.69 Å². The molecule has 0 fully saturated rings. The van der Waals surface area contributed by atoms with Crippen LogP contribution in [0, 0.1) is 27.3 Å². The molecule has 0 bridgehead atoms. The van der Waals surface area contributed by atoms with E-state index in [0.29, 0.717) is 11.3 Å². The topological polar surface area (TPSA) is 8.24 Å².